The Kier molecular flexibility index (Phi) is 4.08. The maximum absolute atomic E-state index is 12.7. The fourth-order valence-corrected chi connectivity index (χ4v) is 3.35. The van der Waals surface area contributed by atoms with Crippen molar-refractivity contribution in [2.24, 2.45) is 0 Å². The molecule has 0 saturated carbocycles. The number of hydrogen-bond acceptors (Lipinski definition) is 4. The molecule has 2 aromatic rings. The molecule has 0 aliphatic carbocycles. The first-order valence-electron chi connectivity index (χ1n) is 8.38. The summed E-state index contributed by atoms with van der Waals surface area (Å²) in [7, 11) is 0. The van der Waals surface area contributed by atoms with Gasteiger partial charge in [0.15, 0.2) is 5.79 Å². The first-order chi connectivity index (χ1) is 11.7. The van der Waals surface area contributed by atoms with E-state index in [1.54, 1.807) is 6.20 Å². The summed E-state index contributed by atoms with van der Waals surface area (Å²) < 4.78 is 13.3. The molecule has 126 valence electrons. The third kappa shape index (κ3) is 3.07. The van der Waals surface area contributed by atoms with Gasteiger partial charge in [-0.05, 0) is 23.8 Å². The third-order valence-electron chi connectivity index (χ3n) is 4.73. The normalized spacial score (nSPS) is 19.8. The highest BCUT2D eigenvalue weighted by Crippen LogP contribution is 2.31. The topological polar surface area (TPSA) is 56.6 Å². The molecule has 1 amide bonds. The Morgan fingerprint density at radius 2 is 1.83 bits per heavy atom. The van der Waals surface area contributed by atoms with Crippen molar-refractivity contribution in [2.45, 2.75) is 25.2 Å². The molecule has 0 atom stereocenters. The van der Waals surface area contributed by atoms with Crippen LogP contribution in [0.25, 0.3) is 0 Å². The lowest BCUT2D eigenvalue weighted by Crippen LogP contribution is -2.47. The second kappa shape index (κ2) is 6.37. The summed E-state index contributed by atoms with van der Waals surface area (Å²) in [5, 5.41) is 4.20. The molecule has 4 rings (SSSR count). The number of hydrogen-bond donors (Lipinski definition) is 0. The largest absolute Gasteiger partial charge is 0.347 e. The van der Waals surface area contributed by atoms with Crippen LogP contribution in [0.4, 0.5) is 0 Å². The zero-order valence-electron chi connectivity index (χ0n) is 13.6. The van der Waals surface area contributed by atoms with Crippen LogP contribution >= 0.6 is 0 Å². The molecular formula is C18H21N3O3. The number of ether oxygens (including phenoxy) is 2. The average Bonchev–Trinajstić information content (AvgIpc) is 3.28. The van der Waals surface area contributed by atoms with Crippen molar-refractivity contribution in [2.75, 3.05) is 26.3 Å². The SMILES string of the molecule is O=C(c1ccc(Cn2cccn2)cc1)N1CCC2(CC1)OCCO2. The molecule has 0 bridgehead atoms. The van der Waals surface area contributed by atoms with Gasteiger partial charge in [-0.1, -0.05) is 12.1 Å². The highest BCUT2D eigenvalue weighted by atomic mass is 16.7. The van der Waals surface area contributed by atoms with Crippen molar-refractivity contribution in [1.29, 1.82) is 0 Å². The predicted molar refractivity (Wildman–Crippen MR) is 87.5 cm³/mol. The van der Waals surface area contributed by atoms with Gasteiger partial charge in [0, 0.05) is 43.9 Å². The van der Waals surface area contributed by atoms with Crippen molar-refractivity contribution in [3.05, 3.63) is 53.9 Å². The molecule has 2 aliphatic rings. The van der Waals surface area contributed by atoms with Gasteiger partial charge in [0.25, 0.3) is 5.91 Å². The molecule has 0 unspecified atom stereocenters. The van der Waals surface area contributed by atoms with Gasteiger partial charge in [0.2, 0.25) is 0 Å². The molecule has 1 spiro atoms. The number of carbonyl (C=O) groups is 1. The third-order valence-corrected chi connectivity index (χ3v) is 4.73. The Hall–Kier alpha value is -2.18. The van der Waals surface area contributed by atoms with Crippen molar-refractivity contribution in [3.63, 3.8) is 0 Å². The molecule has 0 radical (unpaired) electrons. The number of rotatable bonds is 3. The lowest BCUT2D eigenvalue weighted by atomic mass is 10.0. The smallest absolute Gasteiger partial charge is 0.253 e. The molecule has 6 nitrogen and oxygen atoms in total. The first-order valence-corrected chi connectivity index (χ1v) is 8.38. The summed E-state index contributed by atoms with van der Waals surface area (Å²) in [5.74, 6) is -0.363. The van der Waals surface area contributed by atoms with Crippen LogP contribution in [-0.4, -0.2) is 52.7 Å². The average molecular weight is 327 g/mol. The zero-order chi connectivity index (χ0) is 16.4. The Morgan fingerprint density at radius 1 is 1.12 bits per heavy atom. The summed E-state index contributed by atoms with van der Waals surface area (Å²) >= 11 is 0. The van der Waals surface area contributed by atoms with E-state index in [-0.39, 0.29) is 5.91 Å². The van der Waals surface area contributed by atoms with Crippen molar-refractivity contribution < 1.29 is 14.3 Å². The van der Waals surface area contributed by atoms with E-state index in [1.165, 1.54) is 0 Å². The van der Waals surface area contributed by atoms with Gasteiger partial charge in [0.1, 0.15) is 0 Å². The van der Waals surface area contributed by atoms with Gasteiger partial charge in [-0.25, -0.2) is 0 Å². The Balaban J connectivity index is 1.38. The van der Waals surface area contributed by atoms with E-state index in [0.717, 1.165) is 24.0 Å². The molecule has 2 fully saturated rings. The van der Waals surface area contributed by atoms with E-state index >= 15 is 0 Å². The molecule has 0 N–H and O–H groups in total. The van der Waals surface area contributed by atoms with E-state index in [1.807, 2.05) is 46.1 Å². The van der Waals surface area contributed by atoms with E-state index in [4.69, 9.17) is 9.47 Å². The fraction of sp³-hybridized carbons (Fsp3) is 0.444. The maximum atomic E-state index is 12.7. The van der Waals surface area contributed by atoms with Crippen molar-refractivity contribution in [1.82, 2.24) is 14.7 Å². The number of nitrogens with zero attached hydrogens (tertiary/aromatic N) is 3. The zero-order valence-corrected chi connectivity index (χ0v) is 13.6. The monoisotopic (exact) mass is 327 g/mol. The van der Waals surface area contributed by atoms with Crippen LogP contribution in [0.15, 0.2) is 42.7 Å². The van der Waals surface area contributed by atoms with Gasteiger partial charge in [-0.15, -0.1) is 0 Å². The second-order valence-electron chi connectivity index (χ2n) is 6.30. The molecule has 2 aliphatic heterocycles. The van der Waals surface area contributed by atoms with Crippen LogP contribution in [0.1, 0.15) is 28.8 Å². The number of aromatic nitrogens is 2. The van der Waals surface area contributed by atoms with Gasteiger partial charge in [-0.2, -0.15) is 5.10 Å². The maximum Gasteiger partial charge on any atom is 0.253 e. The van der Waals surface area contributed by atoms with Crippen molar-refractivity contribution in [3.8, 4) is 0 Å². The van der Waals surface area contributed by atoms with E-state index in [2.05, 4.69) is 5.10 Å². The van der Waals surface area contributed by atoms with Crippen LogP contribution in [0.2, 0.25) is 0 Å². The predicted octanol–water partition coefficient (Wildman–Crippen LogP) is 1.91. The number of piperidine rings is 1. The first kappa shape index (κ1) is 15.4. The summed E-state index contributed by atoms with van der Waals surface area (Å²) in [6.45, 7) is 3.38. The molecule has 6 heteroatoms. The summed E-state index contributed by atoms with van der Waals surface area (Å²) in [6.07, 6.45) is 5.18. The fourth-order valence-electron chi connectivity index (χ4n) is 3.35. The highest BCUT2D eigenvalue weighted by Gasteiger charge is 2.40. The standard InChI is InChI=1S/C18H21N3O3/c22-17(20-10-6-18(7-11-20)23-12-13-24-18)16-4-2-15(3-5-16)14-21-9-1-8-19-21/h1-5,8-9H,6-7,10-14H2. The molecule has 24 heavy (non-hydrogen) atoms. The molecule has 2 saturated heterocycles. The molecule has 1 aromatic carbocycles. The molecular weight excluding hydrogens is 306 g/mol. The van der Waals surface area contributed by atoms with Gasteiger partial charge in [-0.3, -0.25) is 9.48 Å². The van der Waals surface area contributed by atoms with E-state index in [0.29, 0.717) is 32.8 Å². The second-order valence-corrected chi connectivity index (χ2v) is 6.30. The molecule has 3 heterocycles. The lowest BCUT2D eigenvalue weighted by molar-refractivity contribution is -0.181. The quantitative estimate of drug-likeness (QED) is 0.864. The van der Waals surface area contributed by atoms with Crippen LogP contribution < -0.4 is 0 Å². The summed E-state index contributed by atoms with van der Waals surface area (Å²) in [5.41, 5.74) is 1.85. The Bertz CT molecular complexity index is 681. The van der Waals surface area contributed by atoms with Gasteiger partial charge < -0.3 is 14.4 Å². The number of benzene rings is 1. The summed E-state index contributed by atoms with van der Waals surface area (Å²) in [6, 6.07) is 9.67. The van der Waals surface area contributed by atoms with E-state index < -0.39 is 5.79 Å². The van der Waals surface area contributed by atoms with Crippen molar-refractivity contribution >= 4 is 5.91 Å². The number of carbonyl (C=O) groups excluding carboxylic acids is 1. The number of amides is 1. The molecule has 1 aromatic heterocycles. The Labute approximate surface area is 141 Å². The van der Waals surface area contributed by atoms with Crippen LogP contribution in [0.5, 0.6) is 0 Å². The minimum atomic E-state index is -0.440. The van der Waals surface area contributed by atoms with Gasteiger partial charge in [0.05, 0.1) is 19.8 Å². The lowest BCUT2D eigenvalue weighted by Gasteiger charge is -2.37. The minimum absolute atomic E-state index is 0.0773. The van der Waals surface area contributed by atoms with Crippen LogP contribution in [0, 0.1) is 0 Å². The van der Waals surface area contributed by atoms with E-state index in [9.17, 15) is 4.79 Å². The summed E-state index contributed by atoms with van der Waals surface area (Å²) in [4.78, 5) is 14.5. The number of likely N-dealkylation sites (tertiary alicyclic amines) is 1. The Morgan fingerprint density at radius 3 is 2.46 bits per heavy atom. The van der Waals surface area contributed by atoms with Gasteiger partial charge >= 0.3 is 0 Å². The minimum Gasteiger partial charge on any atom is -0.347 e. The van der Waals surface area contributed by atoms with Crippen LogP contribution in [-0.2, 0) is 16.0 Å². The highest BCUT2D eigenvalue weighted by molar-refractivity contribution is 5.94. The van der Waals surface area contributed by atoms with Crippen LogP contribution in [0.3, 0.4) is 0 Å².